The second-order valence-corrected chi connectivity index (χ2v) is 4.37. The molecule has 0 bridgehead atoms. The number of nitrogens with two attached hydrogens (primary N) is 1. The van der Waals surface area contributed by atoms with Crippen LogP contribution in [0.15, 0.2) is 18.3 Å². The predicted molar refractivity (Wildman–Crippen MR) is 66.5 cm³/mol. The van der Waals surface area contributed by atoms with Crippen molar-refractivity contribution in [2.45, 2.75) is 25.3 Å². The molecule has 0 aromatic carbocycles. The zero-order chi connectivity index (χ0) is 13.0. The van der Waals surface area contributed by atoms with Gasteiger partial charge in [0.15, 0.2) is 0 Å². The molecule has 1 aromatic heterocycles. The average molecular weight is 248 g/mol. The van der Waals surface area contributed by atoms with E-state index < -0.39 is 0 Å². The number of hydrogen-bond acceptors (Lipinski definition) is 4. The third-order valence-electron chi connectivity index (χ3n) is 2.82. The van der Waals surface area contributed by atoms with E-state index in [0.29, 0.717) is 30.8 Å². The van der Waals surface area contributed by atoms with Gasteiger partial charge in [0.2, 0.25) is 11.8 Å². The Morgan fingerprint density at radius 3 is 3.00 bits per heavy atom. The van der Waals surface area contributed by atoms with Crippen LogP contribution in [0, 0.1) is 0 Å². The maximum absolute atomic E-state index is 11.8. The number of carbonyl (C=O) groups is 2. The quantitative estimate of drug-likeness (QED) is 0.678. The van der Waals surface area contributed by atoms with Crippen molar-refractivity contribution in [2.75, 3.05) is 12.3 Å². The van der Waals surface area contributed by atoms with Gasteiger partial charge in [-0.15, -0.1) is 0 Å². The Morgan fingerprint density at radius 2 is 2.39 bits per heavy atom. The Labute approximate surface area is 105 Å². The van der Waals surface area contributed by atoms with E-state index in [0.717, 1.165) is 0 Å². The Balaban J connectivity index is 1.81. The maximum atomic E-state index is 11.8. The summed E-state index contributed by atoms with van der Waals surface area (Å²) in [5.41, 5.74) is 6.78. The molecule has 6 nitrogen and oxygen atoms in total. The minimum Gasteiger partial charge on any atom is -0.397 e. The lowest BCUT2D eigenvalue weighted by molar-refractivity contribution is -0.125. The molecule has 2 amide bonds. The Bertz CT molecular complexity index is 434. The van der Waals surface area contributed by atoms with Crippen LogP contribution in [-0.2, 0) is 16.0 Å². The van der Waals surface area contributed by atoms with E-state index in [2.05, 4.69) is 15.6 Å². The van der Waals surface area contributed by atoms with Gasteiger partial charge in [0.25, 0.3) is 0 Å². The third-order valence-corrected chi connectivity index (χ3v) is 2.82. The fraction of sp³-hybridized carbons (Fsp3) is 0.417. The SMILES string of the molecule is Nc1ccc(CC(=O)NC2CCC(=O)NC2)nc1. The molecule has 1 fully saturated rings. The van der Waals surface area contributed by atoms with Gasteiger partial charge in [0, 0.05) is 24.7 Å². The summed E-state index contributed by atoms with van der Waals surface area (Å²) >= 11 is 0. The Morgan fingerprint density at radius 1 is 1.56 bits per heavy atom. The lowest BCUT2D eigenvalue weighted by atomic mass is 10.1. The molecule has 0 saturated carbocycles. The number of pyridine rings is 1. The van der Waals surface area contributed by atoms with Crippen molar-refractivity contribution in [2.24, 2.45) is 0 Å². The molecule has 4 N–H and O–H groups in total. The summed E-state index contributed by atoms with van der Waals surface area (Å²) in [7, 11) is 0. The van der Waals surface area contributed by atoms with Crippen LogP contribution in [0.25, 0.3) is 0 Å². The molecule has 0 aliphatic carbocycles. The fourth-order valence-corrected chi connectivity index (χ4v) is 1.84. The Hall–Kier alpha value is -2.11. The molecular formula is C12H16N4O2. The lowest BCUT2D eigenvalue weighted by Crippen LogP contribution is -2.48. The molecule has 1 aromatic rings. The molecule has 1 atom stereocenters. The van der Waals surface area contributed by atoms with Gasteiger partial charge in [0.05, 0.1) is 18.3 Å². The van der Waals surface area contributed by atoms with Gasteiger partial charge in [-0.05, 0) is 18.6 Å². The summed E-state index contributed by atoms with van der Waals surface area (Å²) in [5.74, 6) is -0.0471. The van der Waals surface area contributed by atoms with Crippen LogP contribution < -0.4 is 16.4 Å². The predicted octanol–water partition coefficient (Wildman–Crippen LogP) is -0.399. The van der Waals surface area contributed by atoms with Crippen molar-refractivity contribution in [1.29, 1.82) is 0 Å². The molecule has 96 valence electrons. The topological polar surface area (TPSA) is 97.1 Å². The molecular weight excluding hydrogens is 232 g/mol. The van der Waals surface area contributed by atoms with Crippen molar-refractivity contribution >= 4 is 17.5 Å². The smallest absolute Gasteiger partial charge is 0.226 e. The van der Waals surface area contributed by atoms with Gasteiger partial charge in [-0.3, -0.25) is 14.6 Å². The number of aromatic nitrogens is 1. The maximum Gasteiger partial charge on any atom is 0.226 e. The molecule has 6 heteroatoms. The van der Waals surface area contributed by atoms with Gasteiger partial charge in [-0.2, -0.15) is 0 Å². The number of hydrogen-bond donors (Lipinski definition) is 3. The second kappa shape index (κ2) is 5.48. The summed E-state index contributed by atoms with van der Waals surface area (Å²) in [4.78, 5) is 26.8. The second-order valence-electron chi connectivity index (χ2n) is 4.37. The molecule has 2 heterocycles. The molecule has 1 aliphatic heterocycles. The van der Waals surface area contributed by atoms with Crippen molar-refractivity contribution in [3.8, 4) is 0 Å². The highest BCUT2D eigenvalue weighted by atomic mass is 16.2. The molecule has 1 unspecified atom stereocenters. The number of nitrogens with zero attached hydrogens (tertiary/aromatic N) is 1. The molecule has 1 aliphatic rings. The van der Waals surface area contributed by atoms with E-state index in [1.165, 1.54) is 6.20 Å². The van der Waals surface area contributed by atoms with Crippen LogP contribution in [-0.4, -0.2) is 29.4 Å². The number of piperidine rings is 1. The number of amides is 2. The van der Waals surface area contributed by atoms with Gasteiger partial charge in [0.1, 0.15) is 0 Å². The van der Waals surface area contributed by atoms with Crippen LogP contribution in [0.5, 0.6) is 0 Å². The summed E-state index contributed by atoms with van der Waals surface area (Å²) in [6, 6.07) is 3.47. The molecule has 0 radical (unpaired) electrons. The van der Waals surface area contributed by atoms with Crippen LogP contribution in [0.2, 0.25) is 0 Å². The first-order valence-electron chi connectivity index (χ1n) is 5.90. The first-order valence-corrected chi connectivity index (χ1v) is 5.90. The standard InChI is InChI=1S/C12H16N4O2/c13-8-1-2-9(14-6-8)5-12(18)16-10-3-4-11(17)15-7-10/h1-2,6,10H,3-5,7,13H2,(H,15,17)(H,16,18). The monoisotopic (exact) mass is 248 g/mol. The minimum atomic E-state index is -0.0894. The third kappa shape index (κ3) is 3.44. The molecule has 1 saturated heterocycles. The van der Waals surface area contributed by atoms with E-state index in [9.17, 15) is 9.59 Å². The fourth-order valence-electron chi connectivity index (χ4n) is 1.84. The van der Waals surface area contributed by atoms with Gasteiger partial charge in [-0.1, -0.05) is 0 Å². The van der Waals surface area contributed by atoms with Crippen LogP contribution in [0.1, 0.15) is 18.5 Å². The van der Waals surface area contributed by atoms with Crippen molar-refractivity contribution < 1.29 is 9.59 Å². The van der Waals surface area contributed by atoms with Gasteiger partial charge in [-0.25, -0.2) is 0 Å². The zero-order valence-corrected chi connectivity index (χ0v) is 9.98. The largest absolute Gasteiger partial charge is 0.397 e. The van der Waals surface area contributed by atoms with Crippen LogP contribution in [0.4, 0.5) is 5.69 Å². The normalized spacial score (nSPS) is 19.1. The van der Waals surface area contributed by atoms with Gasteiger partial charge < -0.3 is 16.4 Å². The molecule has 2 rings (SSSR count). The highest BCUT2D eigenvalue weighted by Gasteiger charge is 2.19. The van der Waals surface area contributed by atoms with E-state index in [4.69, 9.17) is 5.73 Å². The minimum absolute atomic E-state index is 0.0176. The zero-order valence-electron chi connectivity index (χ0n) is 9.98. The number of anilines is 1. The number of rotatable bonds is 3. The summed E-state index contributed by atoms with van der Waals surface area (Å²) in [5, 5.41) is 5.60. The van der Waals surface area contributed by atoms with Crippen molar-refractivity contribution in [3.63, 3.8) is 0 Å². The van der Waals surface area contributed by atoms with E-state index in [1.807, 2.05) is 0 Å². The lowest BCUT2D eigenvalue weighted by Gasteiger charge is -2.23. The van der Waals surface area contributed by atoms with E-state index >= 15 is 0 Å². The summed E-state index contributed by atoms with van der Waals surface area (Å²) in [6.45, 7) is 0.500. The summed E-state index contributed by atoms with van der Waals surface area (Å²) < 4.78 is 0. The van der Waals surface area contributed by atoms with E-state index in [-0.39, 0.29) is 24.3 Å². The Kier molecular flexibility index (Phi) is 3.76. The number of nitrogens with one attached hydrogen (secondary N) is 2. The first kappa shape index (κ1) is 12.3. The highest BCUT2D eigenvalue weighted by Crippen LogP contribution is 2.05. The van der Waals surface area contributed by atoms with Gasteiger partial charge >= 0.3 is 0 Å². The van der Waals surface area contributed by atoms with Crippen molar-refractivity contribution in [1.82, 2.24) is 15.6 Å². The molecule has 0 spiro atoms. The van der Waals surface area contributed by atoms with E-state index in [1.54, 1.807) is 12.1 Å². The summed E-state index contributed by atoms with van der Waals surface area (Å²) in [6.07, 6.45) is 2.91. The first-order chi connectivity index (χ1) is 8.63. The average Bonchev–Trinajstić information content (AvgIpc) is 2.35. The van der Waals surface area contributed by atoms with Crippen LogP contribution >= 0.6 is 0 Å². The molecule has 18 heavy (non-hydrogen) atoms. The van der Waals surface area contributed by atoms with Crippen molar-refractivity contribution in [3.05, 3.63) is 24.0 Å². The number of nitrogen functional groups attached to an aromatic ring is 1. The van der Waals surface area contributed by atoms with Crippen LogP contribution in [0.3, 0.4) is 0 Å². The highest BCUT2D eigenvalue weighted by molar-refractivity contribution is 5.80. The number of carbonyl (C=O) groups excluding carboxylic acids is 2.